The van der Waals surface area contributed by atoms with E-state index in [1.54, 1.807) is 18.9 Å². The topological polar surface area (TPSA) is 65.1 Å². The number of amides is 1. The number of benzene rings is 1. The summed E-state index contributed by atoms with van der Waals surface area (Å²) in [6, 6.07) is 7.42. The zero-order valence-electron chi connectivity index (χ0n) is 17.2. The first kappa shape index (κ1) is 21.1. The molecule has 3 atom stereocenters. The summed E-state index contributed by atoms with van der Waals surface area (Å²) >= 11 is 0. The lowest BCUT2D eigenvalue weighted by atomic mass is 9.76. The van der Waals surface area contributed by atoms with Crippen molar-refractivity contribution in [2.45, 2.75) is 58.6 Å². The Morgan fingerprint density at radius 3 is 2.33 bits per heavy atom. The predicted molar refractivity (Wildman–Crippen MR) is 103 cm³/mol. The van der Waals surface area contributed by atoms with Crippen molar-refractivity contribution in [3.05, 3.63) is 29.8 Å². The van der Waals surface area contributed by atoms with Crippen LogP contribution in [0.2, 0.25) is 0 Å². The molecule has 27 heavy (non-hydrogen) atoms. The van der Waals surface area contributed by atoms with E-state index in [0.717, 1.165) is 11.3 Å². The Morgan fingerprint density at radius 2 is 1.81 bits per heavy atom. The molecule has 0 spiro atoms. The maximum Gasteiger partial charge on any atom is 0.410 e. The highest BCUT2D eigenvalue weighted by atomic mass is 16.6. The van der Waals surface area contributed by atoms with Crippen molar-refractivity contribution < 1.29 is 23.8 Å². The second kappa shape index (κ2) is 8.63. The summed E-state index contributed by atoms with van der Waals surface area (Å²) in [6.07, 6.45) is 0.275. The van der Waals surface area contributed by atoms with E-state index >= 15 is 0 Å². The van der Waals surface area contributed by atoms with E-state index in [1.165, 1.54) is 0 Å². The van der Waals surface area contributed by atoms with Gasteiger partial charge in [0.2, 0.25) is 0 Å². The number of rotatable bonds is 4. The first-order valence-electron chi connectivity index (χ1n) is 9.48. The Morgan fingerprint density at radius 1 is 1.19 bits per heavy atom. The van der Waals surface area contributed by atoms with Gasteiger partial charge in [-0.05, 0) is 58.7 Å². The summed E-state index contributed by atoms with van der Waals surface area (Å²) < 4.78 is 16.1. The first-order valence-corrected chi connectivity index (χ1v) is 9.48. The van der Waals surface area contributed by atoms with Gasteiger partial charge in [-0.15, -0.1) is 0 Å². The number of hydrogen-bond acceptors (Lipinski definition) is 5. The first-order chi connectivity index (χ1) is 12.7. The lowest BCUT2D eigenvalue weighted by Crippen LogP contribution is -2.53. The van der Waals surface area contributed by atoms with Crippen LogP contribution in [-0.2, 0) is 14.3 Å². The SMILES string of the molecule is CCOC(=O)C1C(c2ccc(OC)cc2)CCN(C(=O)OC(C)(C)C)C1C. The number of esters is 1. The Kier molecular flexibility index (Phi) is 6.73. The van der Waals surface area contributed by atoms with Crippen LogP contribution < -0.4 is 4.74 Å². The molecule has 1 aromatic rings. The largest absolute Gasteiger partial charge is 0.497 e. The van der Waals surface area contributed by atoms with Crippen molar-refractivity contribution in [1.29, 1.82) is 0 Å². The Bertz CT molecular complexity index is 650. The molecule has 3 unspecified atom stereocenters. The molecule has 1 fully saturated rings. The van der Waals surface area contributed by atoms with Gasteiger partial charge in [0.15, 0.2) is 0 Å². The third-order valence-electron chi connectivity index (χ3n) is 4.86. The van der Waals surface area contributed by atoms with Crippen LogP contribution in [0.5, 0.6) is 5.75 Å². The molecule has 1 amide bonds. The Hall–Kier alpha value is -2.24. The van der Waals surface area contributed by atoms with Crippen LogP contribution in [-0.4, -0.2) is 48.9 Å². The van der Waals surface area contributed by atoms with Crippen LogP contribution in [0.3, 0.4) is 0 Å². The predicted octanol–water partition coefficient (Wildman–Crippen LogP) is 3.99. The number of hydrogen-bond donors (Lipinski definition) is 0. The zero-order chi connectivity index (χ0) is 20.2. The molecule has 0 radical (unpaired) electrons. The lowest BCUT2D eigenvalue weighted by Gasteiger charge is -2.43. The summed E-state index contributed by atoms with van der Waals surface area (Å²) in [5.74, 6) is 0.0213. The number of piperidine rings is 1. The van der Waals surface area contributed by atoms with E-state index in [9.17, 15) is 9.59 Å². The molecule has 1 aromatic carbocycles. The zero-order valence-corrected chi connectivity index (χ0v) is 17.2. The van der Waals surface area contributed by atoms with Crippen LogP contribution in [0, 0.1) is 5.92 Å². The summed E-state index contributed by atoms with van der Waals surface area (Å²) in [5.41, 5.74) is 0.466. The third kappa shape index (κ3) is 5.15. The average molecular weight is 377 g/mol. The molecule has 2 rings (SSSR count). The smallest absolute Gasteiger partial charge is 0.410 e. The molecule has 0 N–H and O–H groups in total. The molecular weight excluding hydrogens is 346 g/mol. The quantitative estimate of drug-likeness (QED) is 0.743. The molecular formula is C21H31NO5. The van der Waals surface area contributed by atoms with Gasteiger partial charge in [-0.3, -0.25) is 4.79 Å². The van der Waals surface area contributed by atoms with Gasteiger partial charge in [0, 0.05) is 18.5 Å². The minimum atomic E-state index is -0.580. The molecule has 6 heteroatoms. The van der Waals surface area contributed by atoms with Gasteiger partial charge < -0.3 is 19.1 Å². The maximum absolute atomic E-state index is 12.7. The van der Waals surface area contributed by atoms with Gasteiger partial charge in [-0.25, -0.2) is 4.79 Å². The number of ether oxygens (including phenoxy) is 3. The van der Waals surface area contributed by atoms with Gasteiger partial charge in [-0.2, -0.15) is 0 Å². The van der Waals surface area contributed by atoms with E-state index in [4.69, 9.17) is 14.2 Å². The molecule has 6 nitrogen and oxygen atoms in total. The molecule has 0 bridgehead atoms. The second-order valence-electron chi connectivity index (χ2n) is 7.86. The summed E-state index contributed by atoms with van der Waals surface area (Å²) in [6.45, 7) is 10.0. The normalized spacial score (nSPS) is 22.9. The Balaban J connectivity index is 2.28. The molecule has 1 aliphatic heterocycles. The van der Waals surface area contributed by atoms with Crippen molar-refractivity contribution in [3.63, 3.8) is 0 Å². The van der Waals surface area contributed by atoms with E-state index < -0.39 is 17.6 Å². The van der Waals surface area contributed by atoms with Crippen molar-refractivity contribution in [2.24, 2.45) is 5.92 Å². The van der Waals surface area contributed by atoms with Gasteiger partial charge in [-0.1, -0.05) is 12.1 Å². The summed E-state index contributed by atoms with van der Waals surface area (Å²) in [4.78, 5) is 27.0. The van der Waals surface area contributed by atoms with Crippen LogP contribution in [0.25, 0.3) is 0 Å². The van der Waals surface area contributed by atoms with Crippen LogP contribution in [0.15, 0.2) is 24.3 Å². The molecule has 0 aliphatic carbocycles. The van der Waals surface area contributed by atoms with Crippen molar-refractivity contribution >= 4 is 12.1 Å². The van der Waals surface area contributed by atoms with Crippen molar-refractivity contribution in [1.82, 2.24) is 4.90 Å². The van der Waals surface area contributed by atoms with Gasteiger partial charge >= 0.3 is 12.1 Å². The molecule has 1 saturated heterocycles. The fourth-order valence-electron chi connectivity index (χ4n) is 3.59. The number of likely N-dealkylation sites (tertiary alicyclic amines) is 1. The Labute approximate surface area is 161 Å². The average Bonchev–Trinajstić information content (AvgIpc) is 2.60. The molecule has 1 heterocycles. The van der Waals surface area contributed by atoms with Crippen molar-refractivity contribution in [3.8, 4) is 5.75 Å². The molecule has 1 aliphatic rings. The van der Waals surface area contributed by atoms with E-state index in [0.29, 0.717) is 19.6 Å². The molecule has 150 valence electrons. The fraction of sp³-hybridized carbons (Fsp3) is 0.619. The van der Waals surface area contributed by atoms with Crippen LogP contribution in [0.4, 0.5) is 4.79 Å². The standard InChI is InChI=1S/C21H31NO5/c1-7-26-19(23)18-14(2)22(20(24)27-21(3,4)5)13-12-17(18)15-8-10-16(25-6)11-9-15/h8-11,14,17-18H,7,12-13H2,1-6H3. The molecule has 0 aromatic heterocycles. The summed E-state index contributed by atoms with van der Waals surface area (Å²) in [5, 5.41) is 0. The fourth-order valence-corrected chi connectivity index (χ4v) is 3.59. The summed E-state index contributed by atoms with van der Waals surface area (Å²) in [7, 11) is 1.62. The number of nitrogens with zero attached hydrogens (tertiary/aromatic N) is 1. The van der Waals surface area contributed by atoms with Crippen LogP contribution >= 0.6 is 0 Å². The highest BCUT2D eigenvalue weighted by Crippen LogP contribution is 2.38. The monoisotopic (exact) mass is 377 g/mol. The van der Waals surface area contributed by atoms with E-state index in [-0.39, 0.29) is 17.9 Å². The maximum atomic E-state index is 12.7. The van der Waals surface area contributed by atoms with E-state index in [2.05, 4.69) is 0 Å². The highest BCUT2D eigenvalue weighted by Gasteiger charge is 2.44. The van der Waals surface area contributed by atoms with E-state index in [1.807, 2.05) is 52.0 Å². The number of carbonyl (C=O) groups is 2. The second-order valence-corrected chi connectivity index (χ2v) is 7.86. The minimum Gasteiger partial charge on any atom is -0.497 e. The lowest BCUT2D eigenvalue weighted by molar-refractivity contribution is -0.152. The number of methoxy groups -OCH3 is 1. The third-order valence-corrected chi connectivity index (χ3v) is 4.86. The van der Waals surface area contributed by atoms with Crippen LogP contribution in [0.1, 0.15) is 52.5 Å². The minimum absolute atomic E-state index is 0.0244. The van der Waals surface area contributed by atoms with Gasteiger partial charge in [0.05, 0.1) is 19.6 Å². The molecule has 0 saturated carbocycles. The van der Waals surface area contributed by atoms with Gasteiger partial charge in [0.25, 0.3) is 0 Å². The van der Waals surface area contributed by atoms with Gasteiger partial charge in [0.1, 0.15) is 11.4 Å². The highest BCUT2D eigenvalue weighted by molar-refractivity contribution is 5.77. The number of carbonyl (C=O) groups excluding carboxylic acids is 2. The van der Waals surface area contributed by atoms with Crippen molar-refractivity contribution in [2.75, 3.05) is 20.3 Å².